The summed E-state index contributed by atoms with van der Waals surface area (Å²) in [5.74, 6) is -0.831. The van der Waals surface area contributed by atoms with Crippen LogP contribution in [-0.4, -0.2) is 22.8 Å². The van der Waals surface area contributed by atoms with Crippen molar-refractivity contribution >= 4 is 35.0 Å². The van der Waals surface area contributed by atoms with Crippen LogP contribution in [0, 0.1) is 5.82 Å². The van der Waals surface area contributed by atoms with Crippen LogP contribution in [0.3, 0.4) is 0 Å². The molecule has 7 heteroatoms. The predicted molar refractivity (Wildman–Crippen MR) is 154 cm³/mol. The normalized spacial score (nSPS) is 11.6. The van der Waals surface area contributed by atoms with Crippen molar-refractivity contribution in [1.29, 1.82) is 0 Å². The Hall–Kier alpha value is -3.67. The minimum Gasteiger partial charge on any atom is -0.350 e. The number of amides is 2. The second kappa shape index (κ2) is 13.9. The van der Waals surface area contributed by atoms with Crippen LogP contribution in [0.4, 0.5) is 4.39 Å². The lowest BCUT2D eigenvalue weighted by molar-refractivity contribution is -0.141. The van der Waals surface area contributed by atoms with E-state index in [2.05, 4.69) is 5.32 Å². The van der Waals surface area contributed by atoms with E-state index >= 15 is 0 Å². The predicted octanol–water partition coefficient (Wildman–Crippen LogP) is 7.02. The molecule has 0 saturated carbocycles. The van der Waals surface area contributed by atoms with Gasteiger partial charge in [0.05, 0.1) is 0 Å². The van der Waals surface area contributed by atoms with E-state index in [4.69, 9.17) is 23.2 Å². The molecule has 0 heterocycles. The summed E-state index contributed by atoms with van der Waals surface area (Å²) in [7, 11) is 0. The maximum atomic E-state index is 13.7. The molecular formula is C32H29Cl2FN2O2. The maximum absolute atomic E-state index is 13.7. The van der Waals surface area contributed by atoms with Crippen LogP contribution < -0.4 is 5.32 Å². The van der Waals surface area contributed by atoms with Crippen molar-refractivity contribution in [3.8, 4) is 0 Å². The van der Waals surface area contributed by atoms with Crippen LogP contribution in [0.15, 0.2) is 103 Å². The third-order valence-corrected chi connectivity index (χ3v) is 7.06. The lowest BCUT2D eigenvalue weighted by Gasteiger charge is -2.32. The van der Waals surface area contributed by atoms with E-state index in [1.54, 1.807) is 35.2 Å². The third kappa shape index (κ3) is 8.41. The summed E-state index contributed by atoms with van der Waals surface area (Å²) in [5.41, 5.74) is 3.40. The van der Waals surface area contributed by atoms with Crippen molar-refractivity contribution in [2.45, 2.75) is 38.4 Å². The fraction of sp³-hybridized carbons (Fsp3) is 0.188. The van der Waals surface area contributed by atoms with Gasteiger partial charge >= 0.3 is 0 Å². The molecule has 39 heavy (non-hydrogen) atoms. The maximum Gasteiger partial charge on any atom is 0.243 e. The zero-order valence-electron chi connectivity index (χ0n) is 21.3. The van der Waals surface area contributed by atoms with E-state index in [9.17, 15) is 14.0 Å². The van der Waals surface area contributed by atoms with Gasteiger partial charge in [-0.1, -0.05) is 102 Å². The number of halogens is 3. The lowest BCUT2D eigenvalue weighted by atomic mass is 10.0. The Balaban J connectivity index is 1.61. The molecule has 0 fully saturated rings. The summed E-state index contributed by atoms with van der Waals surface area (Å²) in [6, 6.07) is 29.6. The van der Waals surface area contributed by atoms with Crippen molar-refractivity contribution in [3.63, 3.8) is 0 Å². The first-order chi connectivity index (χ1) is 18.9. The highest BCUT2D eigenvalue weighted by Crippen LogP contribution is 2.22. The Bertz CT molecular complexity index is 1380. The first-order valence-corrected chi connectivity index (χ1v) is 13.5. The molecular weight excluding hydrogens is 534 g/mol. The number of nitrogens with zero attached hydrogens (tertiary/aromatic N) is 1. The number of hydrogen-bond acceptors (Lipinski definition) is 2. The third-order valence-electron chi connectivity index (χ3n) is 6.48. The SMILES string of the molecule is O=C(NCc1ccc(Cl)cc1Cl)[C@H](Cc1ccccc1)N(Cc1ccc(F)cc1)C(=O)CCc1ccccc1. The summed E-state index contributed by atoms with van der Waals surface area (Å²) in [6.45, 7) is 0.350. The van der Waals surface area contributed by atoms with E-state index in [1.165, 1.54) is 12.1 Å². The van der Waals surface area contributed by atoms with Crippen LogP contribution in [-0.2, 0) is 35.5 Å². The quantitative estimate of drug-likeness (QED) is 0.213. The van der Waals surface area contributed by atoms with Gasteiger partial charge in [0, 0.05) is 36.0 Å². The van der Waals surface area contributed by atoms with E-state index in [0.717, 1.165) is 16.7 Å². The number of benzene rings is 4. The Morgan fingerprint density at radius 2 is 1.44 bits per heavy atom. The molecule has 4 nitrogen and oxygen atoms in total. The molecule has 0 saturated heterocycles. The Morgan fingerprint density at radius 3 is 2.08 bits per heavy atom. The van der Waals surface area contributed by atoms with Crippen LogP contribution >= 0.6 is 23.2 Å². The molecule has 200 valence electrons. The summed E-state index contributed by atoms with van der Waals surface area (Å²) in [5, 5.41) is 3.92. The van der Waals surface area contributed by atoms with E-state index < -0.39 is 6.04 Å². The highest BCUT2D eigenvalue weighted by molar-refractivity contribution is 6.35. The first kappa shape index (κ1) is 28.3. The zero-order valence-corrected chi connectivity index (χ0v) is 22.8. The zero-order chi connectivity index (χ0) is 27.6. The number of carbonyl (C=O) groups excluding carboxylic acids is 2. The van der Waals surface area contributed by atoms with E-state index in [-0.39, 0.29) is 37.1 Å². The number of rotatable bonds is 11. The molecule has 0 bridgehead atoms. The molecule has 1 atom stereocenters. The molecule has 4 aromatic carbocycles. The average Bonchev–Trinajstić information content (AvgIpc) is 2.95. The van der Waals surface area contributed by atoms with Crippen LogP contribution in [0.1, 0.15) is 28.7 Å². The van der Waals surface area contributed by atoms with Gasteiger partial charge in [0.15, 0.2) is 0 Å². The smallest absolute Gasteiger partial charge is 0.243 e. The van der Waals surface area contributed by atoms with Crippen molar-refractivity contribution in [2.24, 2.45) is 0 Å². The van der Waals surface area contributed by atoms with Crippen molar-refractivity contribution in [3.05, 3.63) is 141 Å². The molecule has 0 aromatic heterocycles. The van der Waals surface area contributed by atoms with Crippen molar-refractivity contribution in [2.75, 3.05) is 0 Å². The van der Waals surface area contributed by atoms with Gasteiger partial charge in [0.1, 0.15) is 11.9 Å². The fourth-order valence-electron chi connectivity index (χ4n) is 4.35. The van der Waals surface area contributed by atoms with E-state index in [0.29, 0.717) is 28.5 Å². The molecule has 0 aliphatic rings. The standard InChI is InChI=1S/C32H29Cl2FN2O2/c33-27-15-14-26(29(34)20-27)21-36-32(39)30(19-24-9-5-2-6-10-24)37(22-25-11-16-28(35)17-12-25)31(38)18-13-23-7-3-1-4-8-23/h1-12,14-17,20,30H,13,18-19,21-22H2,(H,36,39)/t30-/m0/s1. The van der Waals surface area contributed by atoms with Crippen LogP contribution in [0.25, 0.3) is 0 Å². The Kier molecular flexibility index (Phi) is 10.1. The van der Waals surface area contributed by atoms with Gasteiger partial charge in [0.25, 0.3) is 0 Å². The first-order valence-electron chi connectivity index (χ1n) is 12.7. The van der Waals surface area contributed by atoms with Gasteiger partial charge in [-0.3, -0.25) is 9.59 Å². The average molecular weight is 564 g/mol. The van der Waals surface area contributed by atoms with E-state index in [1.807, 2.05) is 60.7 Å². The molecule has 0 radical (unpaired) electrons. The second-order valence-corrected chi connectivity index (χ2v) is 10.1. The summed E-state index contributed by atoms with van der Waals surface area (Å²) in [4.78, 5) is 29.1. The molecule has 0 aliphatic heterocycles. The fourth-order valence-corrected chi connectivity index (χ4v) is 4.82. The van der Waals surface area contributed by atoms with Gasteiger partial charge in [0.2, 0.25) is 11.8 Å². The molecule has 0 aliphatic carbocycles. The highest BCUT2D eigenvalue weighted by atomic mass is 35.5. The second-order valence-electron chi connectivity index (χ2n) is 9.29. The Morgan fingerprint density at radius 1 is 0.795 bits per heavy atom. The lowest BCUT2D eigenvalue weighted by Crippen LogP contribution is -2.50. The molecule has 4 rings (SSSR count). The van der Waals surface area contributed by atoms with Gasteiger partial charge in [-0.25, -0.2) is 4.39 Å². The summed E-state index contributed by atoms with van der Waals surface area (Å²) >= 11 is 12.3. The largest absolute Gasteiger partial charge is 0.350 e. The summed E-state index contributed by atoms with van der Waals surface area (Å²) < 4.78 is 13.6. The minimum absolute atomic E-state index is 0.163. The molecule has 2 amide bonds. The number of hydrogen-bond donors (Lipinski definition) is 1. The number of nitrogens with one attached hydrogen (secondary N) is 1. The van der Waals surface area contributed by atoms with Crippen LogP contribution in [0.5, 0.6) is 0 Å². The Labute approximate surface area is 238 Å². The molecule has 1 N–H and O–H groups in total. The van der Waals surface area contributed by atoms with Crippen LogP contribution in [0.2, 0.25) is 10.0 Å². The van der Waals surface area contributed by atoms with Gasteiger partial charge in [-0.05, 0) is 52.9 Å². The topological polar surface area (TPSA) is 49.4 Å². The molecule has 4 aromatic rings. The van der Waals surface area contributed by atoms with Crippen molar-refractivity contribution in [1.82, 2.24) is 10.2 Å². The monoisotopic (exact) mass is 562 g/mol. The minimum atomic E-state index is -0.799. The van der Waals surface area contributed by atoms with Gasteiger partial charge in [-0.2, -0.15) is 0 Å². The van der Waals surface area contributed by atoms with Gasteiger partial charge < -0.3 is 10.2 Å². The summed E-state index contributed by atoms with van der Waals surface area (Å²) in [6.07, 6.45) is 1.09. The molecule has 0 spiro atoms. The number of carbonyl (C=O) groups is 2. The highest BCUT2D eigenvalue weighted by Gasteiger charge is 2.30. The van der Waals surface area contributed by atoms with Crippen molar-refractivity contribution < 1.29 is 14.0 Å². The number of aryl methyl sites for hydroxylation is 1. The molecule has 0 unspecified atom stereocenters. The van der Waals surface area contributed by atoms with Gasteiger partial charge in [-0.15, -0.1) is 0 Å².